The lowest BCUT2D eigenvalue weighted by atomic mass is 9.85. The number of nitrogens with two attached hydrogens (primary N) is 1. The minimum absolute atomic E-state index is 0.0514. The Kier molecular flexibility index (Phi) is 5.07. The van der Waals surface area contributed by atoms with E-state index >= 15 is 0 Å². The lowest BCUT2D eigenvalue weighted by Gasteiger charge is -2.27. The maximum Gasteiger partial charge on any atom is 0.0624 e. The van der Waals surface area contributed by atoms with Crippen LogP contribution in [-0.2, 0) is 4.74 Å². The molecule has 1 aliphatic rings. The predicted molar refractivity (Wildman–Crippen MR) is 64.9 cm³/mol. The smallest absolute Gasteiger partial charge is 0.0624 e. The molecule has 1 rings (SSSR count). The summed E-state index contributed by atoms with van der Waals surface area (Å²) in [6, 6.07) is 0.229. The zero-order valence-corrected chi connectivity index (χ0v) is 10.6. The molecule has 0 bridgehead atoms. The van der Waals surface area contributed by atoms with Gasteiger partial charge in [0.25, 0.3) is 0 Å². The molecule has 1 saturated carbocycles. The van der Waals surface area contributed by atoms with Gasteiger partial charge >= 0.3 is 0 Å². The lowest BCUT2D eigenvalue weighted by molar-refractivity contribution is -0.0129. The van der Waals surface area contributed by atoms with Gasteiger partial charge in [-0.3, -0.25) is 0 Å². The molecular weight excluding hydrogens is 186 g/mol. The van der Waals surface area contributed by atoms with Crippen molar-refractivity contribution in [2.75, 3.05) is 6.61 Å². The van der Waals surface area contributed by atoms with E-state index < -0.39 is 0 Å². The van der Waals surface area contributed by atoms with E-state index in [2.05, 4.69) is 20.8 Å². The van der Waals surface area contributed by atoms with Crippen LogP contribution in [0.25, 0.3) is 0 Å². The summed E-state index contributed by atoms with van der Waals surface area (Å²) in [6.07, 6.45) is 8.13. The lowest BCUT2D eigenvalue weighted by Crippen LogP contribution is -2.33. The molecule has 1 unspecified atom stereocenters. The van der Waals surface area contributed by atoms with E-state index in [9.17, 15) is 0 Å². The van der Waals surface area contributed by atoms with E-state index in [1.165, 1.54) is 32.1 Å². The summed E-state index contributed by atoms with van der Waals surface area (Å²) in [5.74, 6) is 0.859. The summed E-state index contributed by atoms with van der Waals surface area (Å²) >= 11 is 0. The Morgan fingerprint density at radius 2 is 1.80 bits per heavy atom. The Hall–Kier alpha value is -0.0800. The molecule has 0 amide bonds. The zero-order chi connectivity index (χ0) is 11.3. The van der Waals surface area contributed by atoms with Gasteiger partial charge in [0, 0.05) is 6.04 Å². The average molecular weight is 213 g/mol. The van der Waals surface area contributed by atoms with Gasteiger partial charge in [-0.2, -0.15) is 0 Å². The number of hydrogen-bond acceptors (Lipinski definition) is 2. The van der Waals surface area contributed by atoms with Gasteiger partial charge in [0.1, 0.15) is 0 Å². The molecule has 2 nitrogen and oxygen atoms in total. The first-order chi connectivity index (χ1) is 6.97. The monoisotopic (exact) mass is 213 g/mol. The fourth-order valence-electron chi connectivity index (χ4n) is 2.28. The van der Waals surface area contributed by atoms with E-state index in [-0.39, 0.29) is 11.6 Å². The summed E-state index contributed by atoms with van der Waals surface area (Å²) < 4.78 is 5.71. The van der Waals surface area contributed by atoms with Gasteiger partial charge in [-0.05, 0) is 33.1 Å². The average Bonchev–Trinajstić information content (AvgIpc) is 2.15. The van der Waals surface area contributed by atoms with Gasteiger partial charge in [0.2, 0.25) is 0 Å². The standard InChI is InChI=1S/C13H27NO/c1-13(2,3)15-10-12(14)9-11-7-5-4-6-8-11/h11-12H,4-10,14H2,1-3H3. The van der Waals surface area contributed by atoms with Crippen LogP contribution in [0.1, 0.15) is 59.3 Å². The largest absolute Gasteiger partial charge is 0.374 e. The number of hydrogen-bond donors (Lipinski definition) is 1. The van der Waals surface area contributed by atoms with Crippen LogP contribution in [0.3, 0.4) is 0 Å². The summed E-state index contributed by atoms with van der Waals surface area (Å²) in [5, 5.41) is 0. The molecule has 90 valence electrons. The van der Waals surface area contributed by atoms with E-state index in [4.69, 9.17) is 10.5 Å². The minimum atomic E-state index is -0.0514. The van der Waals surface area contributed by atoms with Crippen LogP contribution < -0.4 is 5.73 Å². The molecule has 0 heterocycles. The summed E-state index contributed by atoms with van der Waals surface area (Å²) in [5.41, 5.74) is 6.04. The van der Waals surface area contributed by atoms with Crippen LogP contribution in [0.4, 0.5) is 0 Å². The third kappa shape index (κ3) is 6.16. The first-order valence-electron chi connectivity index (χ1n) is 6.37. The maximum atomic E-state index is 6.09. The number of rotatable bonds is 4. The topological polar surface area (TPSA) is 35.2 Å². The van der Waals surface area contributed by atoms with Crippen LogP contribution in [-0.4, -0.2) is 18.2 Å². The third-order valence-electron chi connectivity index (χ3n) is 3.09. The normalized spacial score (nSPS) is 21.6. The second kappa shape index (κ2) is 5.86. The first kappa shape index (κ1) is 13.0. The molecule has 1 atom stereocenters. The van der Waals surface area contributed by atoms with Crippen LogP contribution >= 0.6 is 0 Å². The molecule has 2 N–H and O–H groups in total. The molecule has 2 heteroatoms. The Balaban J connectivity index is 2.14. The van der Waals surface area contributed by atoms with Crippen molar-refractivity contribution in [3.05, 3.63) is 0 Å². The van der Waals surface area contributed by atoms with Crippen LogP contribution in [0.2, 0.25) is 0 Å². The fraction of sp³-hybridized carbons (Fsp3) is 1.00. The van der Waals surface area contributed by atoms with Crippen molar-refractivity contribution in [2.24, 2.45) is 11.7 Å². The van der Waals surface area contributed by atoms with Crippen molar-refractivity contribution in [3.8, 4) is 0 Å². The van der Waals surface area contributed by atoms with Crippen molar-refractivity contribution >= 4 is 0 Å². The van der Waals surface area contributed by atoms with Crippen molar-refractivity contribution in [3.63, 3.8) is 0 Å². The molecule has 15 heavy (non-hydrogen) atoms. The van der Waals surface area contributed by atoms with Crippen molar-refractivity contribution < 1.29 is 4.74 Å². The van der Waals surface area contributed by atoms with E-state index in [1.54, 1.807) is 0 Å². The molecule has 0 saturated heterocycles. The van der Waals surface area contributed by atoms with E-state index in [0.717, 1.165) is 12.3 Å². The molecule has 0 aromatic carbocycles. The molecule has 0 aromatic heterocycles. The van der Waals surface area contributed by atoms with Gasteiger partial charge in [-0.1, -0.05) is 32.1 Å². The first-order valence-corrected chi connectivity index (χ1v) is 6.37. The Labute approximate surface area is 94.6 Å². The predicted octanol–water partition coefficient (Wildman–Crippen LogP) is 3.10. The van der Waals surface area contributed by atoms with Crippen molar-refractivity contribution in [2.45, 2.75) is 70.9 Å². The molecular formula is C13H27NO. The van der Waals surface area contributed by atoms with Crippen LogP contribution in [0.15, 0.2) is 0 Å². The van der Waals surface area contributed by atoms with Gasteiger partial charge in [0.05, 0.1) is 12.2 Å². The van der Waals surface area contributed by atoms with E-state index in [0.29, 0.717) is 6.61 Å². The van der Waals surface area contributed by atoms with Crippen LogP contribution in [0, 0.1) is 5.92 Å². The Morgan fingerprint density at radius 1 is 1.20 bits per heavy atom. The quantitative estimate of drug-likeness (QED) is 0.779. The molecule has 1 aliphatic carbocycles. The third-order valence-corrected chi connectivity index (χ3v) is 3.09. The Bertz CT molecular complexity index is 168. The van der Waals surface area contributed by atoms with E-state index in [1.807, 2.05) is 0 Å². The molecule has 0 radical (unpaired) electrons. The summed E-state index contributed by atoms with van der Waals surface area (Å²) in [7, 11) is 0. The summed E-state index contributed by atoms with van der Waals surface area (Å²) in [4.78, 5) is 0. The highest BCUT2D eigenvalue weighted by Gasteiger charge is 2.18. The van der Waals surface area contributed by atoms with Gasteiger partial charge in [-0.25, -0.2) is 0 Å². The van der Waals surface area contributed by atoms with Crippen molar-refractivity contribution in [1.82, 2.24) is 0 Å². The molecule has 1 fully saturated rings. The zero-order valence-electron chi connectivity index (χ0n) is 10.6. The van der Waals surface area contributed by atoms with Gasteiger partial charge in [-0.15, -0.1) is 0 Å². The Morgan fingerprint density at radius 3 is 2.33 bits per heavy atom. The SMILES string of the molecule is CC(C)(C)OCC(N)CC1CCCCC1. The molecule has 0 aromatic rings. The second-order valence-corrected chi connectivity index (χ2v) is 5.92. The highest BCUT2D eigenvalue weighted by molar-refractivity contribution is 4.73. The second-order valence-electron chi connectivity index (χ2n) is 5.92. The van der Waals surface area contributed by atoms with Crippen molar-refractivity contribution in [1.29, 1.82) is 0 Å². The van der Waals surface area contributed by atoms with Gasteiger partial charge < -0.3 is 10.5 Å². The summed E-state index contributed by atoms with van der Waals surface area (Å²) in [6.45, 7) is 6.96. The van der Waals surface area contributed by atoms with Crippen LogP contribution in [0.5, 0.6) is 0 Å². The maximum absolute atomic E-state index is 6.09. The highest BCUT2D eigenvalue weighted by Crippen LogP contribution is 2.27. The molecule has 0 spiro atoms. The fourth-order valence-corrected chi connectivity index (χ4v) is 2.28. The van der Waals surface area contributed by atoms with Gasteiger partial charge in [0.15, 0.2) is 0 Å². The number of ether oxygens (including phenoxy) is 1. The highest BCUT2D eigenvalue weighted by atomic mass is 16.5. The minimum Gasteiger partial charge on any atom is -0.374 e. The molecule has 0 aliphatic heterocycles.